The molecule has 1 aromatic carbocycles. The van der Waals surface area contributed by atoms with Crippen LogP contribution >= 0.6 is 0 Å². The van der Waals surface area contributed by atoms with Gasteiger partial charge in [0, 0.05) is 24.2 Å². The molecule has 1 aliphatic heterocycles. The van der Waals surface area contributed by atoms with Gasteiger partial charge in [0.05, 0.1) is 4.92 Å². The highest BCUT2D eigenvalue weighted by molar-refractivity contribution is 5.94. The highest BCUT2D eigenvalue weighted by atomic mass is 19.1. The second kappa shape index (κ2) is 5.34. The number of nitrogens with zero attached hydrogens (tertiary/aromatic N) is 2. The average molecular weight is 266 g/mol. The van der Waals surface area contributed by atoms with Crippen LogP contribution in [0, 0.1) is 15.9 Å². The van der Waals surface area contributed by atoms with E-state index in [1.165, 1.54) is 6.07 Å². The number of hydrogen-bond donors (Lipinski definition) is 0. The lowest BCUT2D eigenvalue weighted by molar-refractivity contribution is -0.387. The molecule has 0 radical (unpaired) electrons. The topological polar surface area (TPSA) is 63.5 Å². The summed E-state index contributed by atoms with van der Waals surface area (Å²) in [6, 6.07) is 3.42. The van der Waals surface area contributed by atoms with Crippen LogP contribution in [0.25, 0.3) is 0 Å². The third-order valence-electron chi connectivity index (χ3n) is 3.46. The molecule has 5 nitrogen and oxygen atoms in total. The van der Waals surface area contributed by atoms with Crippen LogP contribution in [-0.2, 0) is 0 Å². The summed E-state index contributed by atoms with van der Waals surface area (Å²) < 4.78 is 13.5. The molecule has 19 heavy (non-hydrogen) atoms. The molecule has 6 heteroatoms. The molecule has 1 aliphatic rings. The molecule has 2 rings (SSSR count). The van der Waals surface area contributed by atoms with Crippen molar-refractivity contribution < 1.29 is 14.1 Å². The Kier molecular flexibility index (Phi) is 3.78. The fraction of sp³-hybridized carbons (Fsp3) is 0.462. The maximum Gasteiger partial charge on any atom is 0.304 e. The van der Waals surface area contributed by atoms with Gasteiger partial charge in [-0.2, -0.15) is 4.39 Å². The van der Waals surface area contributed by atoms with E-state index in [0.717, 1.165) is 31.4 Å². The Labute approximate surface area is 110 Å². The number of halogens is 1. The van der Waals surface area contributed by atoms with Crippen LogP contribution in [0.4, 0.5) is 10.1 Å². The van der Waals surface area contributed by atoms with E-state index in [1.54, 1.807) is 4.90 Å². The van der Waals surface area contributed by atoms with Crippen LogP contribution in [0.2, 0.25) is 0 Å². The van der Waals surface area contributed by atoms with E-state index < -0.39 is 16.4 Å². The zero-order chi connectivity index (χ0) is 14.0. The van der Waals surface area contributed by atoms with Gasteiger partial charge in [-0.1, -0.05) is 0 Å². The molecule has 0 bridgehead atoms. The fourth-order valence-corrected chi connectivity index (χ4v) is 2.35. The lowest BCUT2D eigenvalue weighted by Crippen LogP contribution is -2.42. The third kappa shape index (κ3) is 2.72. The predicted molar refractivity (Wildman–Crippen MR) is 67.4 cm³/mol. The first-order valence-corrected chi connectivity index (χ1v) is 6.25. The second-order valence-electron chi connectivity index (χ2n) is 4.77. The number of likely N-dealkylation sites (tertiary alicyclic amines) is 1. The monoisotopic (exact) mass is 266 g/mol. The summed E-state index contributed by atoms with van der Waals surface area (Å²) in [5.74, 6) is -1.23. The molecule has 1 heterocycles. The van der Waals surface area contributed by atoms with Gasteiger partial charge in [0.2, 0.25) is 5.82 Å². The maximum absolute atomic E-state index is 13.5. The Morgan fingerprint density at radius 2 is 2.21 bits per heavy atom. The number of rotatable bonds is 2. The van der Waals surface area contributed by atoms with Crippen molar-refractivity contribution >= 4 is 11.6 Å². The Bertz CT molecular complexity index is 519. The quantitative estimate of drug-likeness (QED) is 0.610. The van der Waals surface area contributed by atoms with Crippen molar-refractivity contribution in [1.29, 1.82) is 0 Å². The van der Waals surface area contributed by atoms with Gasteiger partial charge in [-0.05, 0) is 38.3 Å². The van der Waals surface area contributed by atoms with Gasteiger partial charge in [-0.3, -0.25) is 14.9 Å². The standard InChI is InChI=1S/C13H15FN2O3/c1-9-4-2-3-7-15(9)13(17)10-5-6-12(16(18)19)11(14)8-10/h5-6,8-9H,2-4,7H2,1H3. The van der Waals surface area contributed by atoms with E-state index in [4.69, 9.17) is 0 Å². The van der Waals surface area contributed by atoms with Crippen LogP contribution in [0.5, 0.6) is 0 Å². The van der Waals surface area contributed by atoms with E-state index in [2.05, 4.69) is 0 Å². The van der Waals surface area contributed by atoms with Crippen LogP contribution < -0.4 is 0 Å². The maximum atomic E-state index is 13.5. The number of benzene rings is 1. The van der Waals surface area contributed by atoms with E-state index >= 15 is 0 Å². The molecule has 102 valence electrons. The van der Waals surface area contributed by atoms with Crippen LogP contribution in [0.1, 0.15) is 36.5 Å². The number of piperidine rings is 1. The Morgan fingerprint density at radius 3 is 2.79 bits per heavy atom. The number of amides is 1. The summed E-state index contributed by atoms with van der Waals surface area (Å²) >= 11 is 0. The molecule has 0 saturated carbocycles. The zero-order valence-corrected chi connectivity index (χ0v) is 10.6. The Hall–Kier alpha value is -1.98. The predicted octanol–water partition coefficient (Wildman–Crippen LogP) is 2.75. The molecular weight excluding hydrogens is 251 g/mol. The van der Waals surface area contributed by atoms with Crippen molar-refractivity contribution in [3.63, 3.8) is 0 Å². The van der Waals surface area contributed by atoms with Crippen molar-refractivity contribution in [2.24, 2.45) is 0 Å². The summed E-state index contributed by atoms with van der Waals surface area (Å²) in [5, 5.41) is 10.5. The molecule has 1 aromatic rings. The molecule has 0 aliphatic carbocycles. The Balaban J connectivity index is 2.24. The lowest BCUT2D eigenvalue weighted by atomic mass is 10.0. The van der Waals surface area contributed by atoms with E-state index in [9.17, 15) is 19.3 Å². The smallest absolute Gasteiger partial charge is 0.304 e. The summed E-state index contributed by atoms with van der Waals surface area (Å²) in [7, 11) is 0. The highest BCUT2D eigenvalue weighted by Crippen LogP contribution is 2.22. The molecule has 0 aromatic heterocycles. The van der Waals surface area contributed by atoms with Gasteiger partial charge < -0.3 is 4.90 Å². The van der Waals surface area contributed by atoms with Crippen molar-refractivity contribution in [1.82, 2.24) is 4.90 Å². The first-order valence-electron chi connectivity index (χ1n) is 6.25. The number of carbonyl (C=O) groups excluding carboxylic acids is 1. The van der Waals surface area contributed by atoms with E-state index in [1.807, 2.05) is 6.92 Å². The largest absolute Gasteiger partial charge is 0.336 e. The lowest BCUT2D eigenvalue weighted by Gasteiger charge is -2.33. The molecule has 1 unspecified atom stereocenters. The summed E-state index contributed by atoms with van der Waals surface area (Å²) in [6.45, 7) is 2.61. The zero-order valence-electron chi connectivity index (χ0n) is 10.6. The number of hydrogen-bond acceptors (Lipinski definition) is 3. The highest BCUT2D eigenvalue weighted by Gasteiger charge is 2.25. The molecule has 1 amide bonds. The first kappa shape index (κ1) is 13.5. The normalized spacial score (nSPS) is 19.3. The van der Waals surface area contributed by atoms with Crippen LogP contribution in [-0.4, -0.2) is 28.3 Å². The van der Waals surface area contributed by atoms with Gasteiger partial charge in [0.25, 0.3) is 5.91 Å². The van der Waals surface area contributed by atoms with Crippen molar-refractivity contribution in [3.8, 4) is 0 Å². The third-order valence-corrected chi connectivity index (χ3v) is 3.46. The summed E-state index contributed by atoms with van der Waals surface area (Å²) in [4.78, 5) is 23.7. The molecule has 0 spiro atoms. The minimum atomic E-state index is -0.972. The first-order chi connectivity index (χ1) is 9.00. The van der Waals surface area contributed by atoms with Crippen molar-refractivity contribution in [2.75, 3.05) is 6.54 Å². The minimum absolute atomic E-state index is 0.125. The fourth-order valence-electron chi connectivity index (χ4n) is 2.35. The van der Waals surface area contributed by atoms with Crippen LogP contribution in [0.15, 0.2) is 18.2 Å². The molecule has 1 fully saturated rings. The minimum Gasteiger partial charge on any atom is -0.336 e. The van der Waals surface area contributed by atoms with Gasteiger partial charge in [-0.25, -0.2) is 0 Å². The van der Waals surface area contributed by atoms with Crippen LogP contribution in [0.3, 0.4) is 0 Å². The summed E-state index contributed by atoms with van der Waals surface area (Å²) in [5.41, 5.74) is -0.444. The van der Waals surface area contributed by atoms with Gasteiger partial charge in [-0.15, -0.1) is 0 Å². The average Bonchev–Trinajstić information content (AvgIpc) is 2.38. The van der Waals surface area contributed by atoms with Crippen molar-refractivity contribution in [2.45, 2.75) is 32.2 Å². The SMILES string of the molecule is CC1CCCCN1C(=O)c1ccc([N+](=O)[O-])c(F)c1. The van der Waals surface area contributed by atoms with Gasteiger partial charge in [0.15, 0.2) is 0 Å². The second-order valence-corrected chi connectivity index (χ2v) is 4.77. The van der Waals surface area contributed by atoms with Gasteiger partial charge in [0.1, 0.15) is 0 Å². The van der Waals surface area contributed by atoms with Gasteiger partial charge >= 0.3 is 5.69 Å². The number of nitro groups is 1. The summed E-state index contributed by atoms with van der Waals surface area (Å²) in [6.07, 6.45) is 2.95. The molecular formula is C13H15FN2O3. The molecule has 0 N–H and O–H groups in total. The molecule has 1 saturated heterocycles. The molecule has 1 atom stereocenters. The Morgan fingerprint density at radius 1 is 1.47 bits per heavy atom. The number of nitro benzene ring substituents is 1. The number of carbonyl (C=O) groups is 1. The van der Waals surface area contributed by atoms with E-state index in [-0.39, 0.29) is 17.5 Å². The van der Waals surface area contributed by atoms with E-state index in [0.29, 0.717) is 6.54 Å². The van der Waals surface area contributed by atoms with Crippen molar-refractivity contribution in [3.05, 3.63) is 39.7 Å².